The predicted octanol–water partition coefficient (Wildman–Crippen LogP) is 4.98. The molecule has 3 aromatic rings. The summed E-state index contributed by atoms with van der Waals surface area (Å²) in [5.74, 6) is -0.303. The molecule has 0 saturated heterocycles. The molecule has 0 atom stereocenters. The van der Waals surface area contributed by atoms with Gasteiger partial charge in [0.05, 0.1) is 18.5 Å². The van der Waals surface area contributed by atoms with E-state index in [4.69, 9.17) is 11.6 Å². The van der Waals surface area contributed by atoms with Crippen molar-refractivity contribution in [3.63, 3.8) is 0 Å². The second-order valence-electron chi connectivity index (χ2n) is 5.12. The van der Waals surface area contributed by atoms with E-state index >= 15 is 0 Å². The van der Waals surface area contributed by atoms with Gasteiger partial charge in [-0.1, -0.05) is 41.9 Å². The van der Waals surface area contributed by atoms with Crippen LogP contribution < -0.4 is 4.80 Å². The van der Waals surface area contributed by atoms with E-state index in [9.17, 15) is 4.39 Å². The van der Waals surface area contributed by atoms with Crippen LogP contribution >= 0.6 is 22.9 Å². The largest absolute Gasteiger partial charge is 0.253 e. The number of nitrogens with zero attached hydrogens (tertiary/aromatic N) is 3. The van der Waals surface area contributed by atoms with Gasteiger partial charge < -0.3 is 0 Å². The van der Waals surface area contributed by atoms with Gasteiger partial charge in [0.25, 0.3) is 0 Å². The lowest BCUT2D eigenvalue weighted by Crippen LogP contribution is -2.12. The first kappa shape index (κ1) is 17.3. The van der Waals surface area contributed by atoms with Crippen molar-refractivity contribution in [2.45, 2.75) is 0 Å². The minimum atomic E-state index is -0.303. The van der Waals surface area contributed by atoms with Crippen molar-refractivity contribution < 1.29 is 4.39 Å². The van der Waals surface area contributed by atoms with Gasteiger partial charge in [-0.15, -0.1) is 17.9 Å². The summed E-state index contributed by atoms with van der Waals surface area (Å²) in [5, 5.41) is 6.97. The topological polar surface area (TPSA) is 29.6 Å². The zero-order valence-electron chi connectivity index (χ0n) is 13.3. The van der Waals surface area contributed by atoms with E-state index in [1.54, 1.807) is 47.3 Å². The lowest BCUT2D eigenvalue weighted by atomic mass is 10.1. The van der Waals surface area contributed by atoms with Gasteiger partial charge in [-0.3, -0.25) is 4.99 Å². The van der Waals surface area contributed by atoms with Crippen LogP contribution in [0.3, 0.4) is 0 Å². The molecule has 0 aliphatic rings. The number of thiazole rings is 1. The Kier molecular flexibility index (Phi) is 5.58. The van der Waals surface area contributed by atoms with Gasteiger partial charge in [0.1, 0.15) is 5.82 Å². The third-order valence-corrected chi connectivity index (χ3v) is 4.45. The maximum atomic E-state index is 14.2. The summed E-state index contributed by atoms with van der Waals surface area (Å²) in [7, 11) is 0. The van der Waals surface area contributed by atoms with Gasteiger partial charge in [0.15, 0.2) is 0 Å². The number of hydrogen-bond donors (Lipinski definition) is 0. The maximum absolute atomic E-state index is 14.2. The quantitative estimate of drug-likeness (QED) is 0.447. The molecule has 3 rings (SSSR count). The fraction of sp³-hybridized carbons (Fsp3) is 0.0526. The van der Waals surface area contributed by atoms with E-state index in [0.29, 0.717) is 27.6 Å². The molecule has 0 aliphatic heterocycles. The molecule has 0 N–H and O–H groups in total. The molecule has 0 spiro atoms. The average Bonchev–Trinajstić information content (AvgIpc) is 3.01. The molecule has 25 heavy (non-hydrogen) atoms. The molecule has 2 aromatic carbocycles. The molecule has 1 aromatic heterocycles. The molecular formula is C19H15ClFN3S. The fourth-order valence-electron chi connectivity index (χ4n) is 2.23. The van der Waals surface area contributed by atoms with Crippen molar-refractivity contribution in [2.24, 2.45) is 10.1 Å². The molecule has 126 valence electrons. The van der Waals surface area contributed by atoms with Crippen LogP contribution in [0.1, 0.15) is 5.56 Å². The third-order valence-electron chi connectivity index (χ3n) is 3.36. The Bertz CT molecular complexity index is 988. The standard InChI is InChI=1S/C19H15ClFN3S/c1-2-10-22-19-24(23-12-14-6-5-7-15(20)11-14)18(13-25-19)16-8-3-4-9-17(16)21/h2-9,11-13H,1,10H2. The van der Waals surface area contributed by atoms with Gasteiger partial charge in [0, 0.05) is 16.0 Å². The van der Waals surface area contributed by atoms with E-state index in [1.165, 1.54) is 17.4 Å². The van der Waals surface area contributed by atoms with Gasteiger partial charge in [-0.2, -0.15) is 5.10 Å². The first-order valence-electron chi connectivity index (χ1n) is 7.56. The van der Waals surface area contributed by atoms with Crippen LogP contribution in [0.15, 0.2) is 76.7 Å². The lowest BCUT2D eigenvalue weighted by Gasteiger charge is -2.04. The predicted molar refractivity (Wildman–Crippen MR) is 103 cm³/mol. The van der Waals surface area contributed by atoms with Crippen LogP contribution in [0, 0.1) is 5.82 Å². The monoisotopic (exact) mass is 371 g/mol. The highest BCUT2D eigenvalue weighted by atomic mass is 35.5. The van der Waals surface area contributed by atoms with Crippen molar-refractivity contribution >= 4 is 29.2 Å². The van der Waals surface area contributed by atoms with E-state index in [1.807, 2.05) is 17.5 Å². The Morgan fingerprint density at radius 1 is 1.20 bits per heavy atom. The first-order chi connectivity index (χ1) is 12.2. The molecule has 1 heterocycles. The van der Waals surface area contributed by atoms with Gasteiger partial charge in [-0.05, 0) is 29.8 Å². The second kappa shape index (κ2) is 8.05. The Morgan fingerprint density at radius 3 is 2.80 bits per heavy atom. The number of hydrogen-bond acceptors (Lipinski definition) is 3. The maximum Gasteiger partial charge on any atom is 0.206 e. The molecular weight excluding hydrogens is 357 g/mol. The molecule has 0 saturated carbocycles. The summed E-state index contributed by atoms with van der Waals surface area (Å²) in [6.45, 7) is 4.14. The Labute approximate surface area is 154 Å². The first-order valence-corrected chi connectivity index (χ1v) is 8.81. The van der Waals surface area contributed by atoms with Crippen molar-refractivity contribution in [2.75, 3.05) is 6.54 Å². The Hall–Kier alpha value is -2.50. The smallest absolute Gasteiger partial charge is 0.206 e. The van der Waals surface area contributed by atoms with E-state index in [-0.39, 0.29) is 5.82 Å². The van der Waals surface area contributed by atoms with Crippen LogP contribution in [0.2, 0.25) is 5.02 Å². The molecule has 0 amide bonds. The minimum absolute atomic E-state index is 0.303. The Morgan fingerprint density at radius 2 is 2.04 bits per heavy atom. The molecule has 0 bridgehead atoms. The van der Waals surface area contributed by atoms with Crippen LogP contribution in [-0.4, -0.2) is 17.4 Å². The fourth-order valence-corrected chi connectivity index (χ4v) is 3.26. The van der Waals surface area contributed by atoms with Gasteiger partial charge in [0.2, 0.25) is 4.80 Å². The van der Waals surface area contributed by atoms with Crippen LogP contribution in [0.25, 0.3) is 11.3 Å². The van der Waals surface area contributed by atoms with Crippen LogP contribution in [0.5, 0.6) is 0 Å². The molecule has 0 radical (unpaired) electrons. The minimum Gasteiger partial charge on any atom is -0.253 e. The van der Waals surface area contributed by atoms with E-state index in [0.717, 1.165) is 5.56 Å². The Balaban J connectivity index is 2.11. The molecule has 3 nitrogen and oxygen atoms in total. The van der Waals surface area contributed by atoms with Gasteiger partial charge >= 0.3 is 0 Å². The van der Waals surface area contributed by atoms with E-state index in [2.05, 4.69) is 16.7 Å². The van der Waals surface area contributed by atoms with Crippen molar-refractivity contribution in [1.29, 1.82) is 0 Å². The van der Waals surface area contributed by atoms with Crippen molar-refractivity contribution in [3.05, 3.63) is 87.8 Å². The van der Waals surface area contributed by atoms with Gasteiger partial charge in [-0.25, -0.2) is 9.07 Å². The summed E-state index contributed by atoms with van der Waals surface area (Å²) >= 11 is 7.41. The van der Waals surface area contributed by atoms with Crippen molar-refractivity contribution in [3.8, 4) is 11.3 Å². The zero-order valence-corrected chi connectivity index (χ0v) is 14.8. The summed E-state index contributed by atoms with van der Waals surface area (Å²) in [5.41, 5.74) is 1.96. The normalized spacial score (nSPS) is 12.0. The number of rotatable bonds is 5. The lowest BCUT2D eigenvalue weighted by molar-refractivity contribution is 0.629. The molecule has 0 fully saturated rings. The van der Waals surface area contributed by atoms with Crippen molar-refractivity contribution in [1.82, 2.24) is 4.68 Å². The zero-order chi connectivity index (χ0) is 17.6. The number of benzene rings is 2. The summed E-state index contributed by atoms with van der Waals surface area (Å²) in [6.07, 6.45) is 3.38. The highest BCUT2D eigenvalue weighted by Gasteiger charge is 2.11. The van der Waals surface area contributed by atoms with Crippen LogP contribution in [-0.2, 0) is 0 Å². The highest BCUT2D eigenvalue weighted by molar-refractivity contribution is 7.07. The molecule has 0 unspecified atom stereocenters. The second-order valence-corrected chi connectivity index (χ2v) is 6.40. The molecule has 6 heteroatoms. The third kappa shape index (κ3) is 4.13. The molecule has 0 aliphatic carbocycles. The number of halogens is 2. The van der Waals surface area contributed by atoms with Crippen LogP contribution in [0.4, 0.5) is 4.39 Å². The average molecular weight is 372 g/mol. The SMILES string of the molecule is C=CCN=c1scc(-c2ccccc2F)n1N=Cc1cccc(Cl)c1. The summed E-state index contributed by atoms with van der Waals surface area (Å²) < 4.78 is 15.8. The summed E-state index contributed by atoms with van der Waals surface area (Å²) in [4.78, 5) is 5.09. The summed E-state index contributed by atoms with van der Waals surface area (Å²) in [6, 6.07) is 14.0. The number of aromatic nitrogens is 1. The van der Waals surface area contributed by atoms with E-state index < -0.39 is 0 Å². The highest BCUT2D eigenvalue weighted by Crippen LogP contribution is 2.23.